The van der Waals surface area contributed by atoms with E-state index in [4.69, 9.17) is 4.74 Å². The molecule has 0 saturated carbocycles. The zero-order chi connectivity index (χ0) is 22.7. The molecule has 0 unspecified atom stereocenters. The lowest BCUT2D eigenvalue weighted by Crippen LogP contribution is -2.31. The maximum Gasteiger partial charge on any atom is 0.338 e. The molecule has 3 atom stereocenters. The van der Waals surface area contributed by atoms with Crippen LogP contribution >= 0.6 is 0 Å². The highest BCUT2D eigenvalue weighted by molar-refractivity contribution is 6.22. The summed E-state index contributed by atoms with van der Waals surface area (Å²) in [6, 6.07) is 15.4. The van der Waals surface area contributed by atoms with Crippen molar-refractivity contribution < 1.29 is 23.9 Å². The predicted molar refractivity (Wildman–Crippen MR) is 118 cm³/mol. The van der Waals surface area contributed by atoms with Crippen LogP contribution in [0.25, 0.3) is 0 Å². The van der Waals surface area contributed by atoms with E-state index in [0.717, 1.165) is 10.5 Å². The highest BCUT2D eigenvalue weighted by Gasteiger charge is 2.47. The van der Waals surface area contributed by atoms with Gasteiger partial charge in [-0.05, 0) is 43.5 Å². The number of nitrogens with one attached hydrogen (secondary N) is 1. The number of imide groups is 1. The molecule has 0 radical (unpaired) electrons. The fourth-order valence-corrected chi connectivity index (χ4v) is 4.15. The number of allylic oxidation sites excluding steroid dienone is 2. The molecule has 1 fully saturated rings. The lowest BCUT2D eigenvalue weighted by Gasteiger charge is -2.16. The Morgan fingerprint density at radius 2 is 1.66 bits per heavy atom. The Labute approximate surface area is 186 Å². The van der Waals surface area contributed by atoms with Crippen LogP contribution in [0.4, 0.5) is 5.69 Å². The SMILES string of the molecule is C[C@H](NC(=O)COC(=O)c1cccc(N2C(=O)[C@H]3CC=CC[C@H]3C2=O)c1)c1ccccc1. The van der Waals surface area contributed by atoms with E-state index in [0.29, 0.717) is 18.5 Å². The number of ether oxygens (including phenoxy) is 1. The fraction of sp³-hybridized carbons (Fsp3) is 0.280. The molecule has 164 valence electrons. The van der Waals surface area contributed by atoms with Crippen LogP contribution in [0.15, 0.2) is 66.7 Å². The molecule has 1 aliphatic heterocycles. The van der Waals surface area contributed by atoms with Gasteiger partial charge in [-0.2, -0.15) is 0 Å². The Morgan fingerprint density at radius 3 is 2.31 bits per heavy atom. The minimum absolute atomic E-state index is 0.167. The summed E-state index contributed by atoms with van der Waals surface area (Å²) in [4.78, 5) is 51.4. The molecule has 4 rings (SSSR count). The first-order chi connectivity index (χ1) is 15.5. The second-order valence-corrected chi connectivity index (χ2v) is 7.99. The number of amides is 3. The molecular weight excluding hydrogens is 408 g/mol. The number of nitrogens with zero attached hydrogens (tertiary/aromatic N) is 1. The van der Waals surface area contributed by atoms with Gasteiger partial charge in [-0.1, -0.05) is 48.6 Å². The van der Waals surface area contributed by atoms with E-state index < -0.39 is 18.5 Å². The van der Waals surface area contributed by atoms with Crippen molar-refractivity contribution in [1.29, 1.82) is 0 Å². The third kappa shape index (κ3) is 4.32. The van der Waals surface area contributed by atoms with Crippen LogP contribution < -0.4 is 10.2 Å². The quantitative estimate of drug-likeness (QED) is 0.430. The number of carbonyl (C=O) groups excluding carboxylic acids is 4. The molecule has 1 aliphatic carbocycles. The Bertz CT molecular complexity index is 1050. The zero-order valence-corrected chi connectivity index (χ0v) is 17.7. The van der Waals surface area contributed by atoms with E-state index >= 15 is 0 Å². The summed E-state index contributed by atoms with van der Waals surface area (Å²) < 4.78 is 5.14. The van der Waals surface area contributed by atoms with Crippen LogP contribution in [0.2, 0.25) is 0 Å². The minimum Gasteiger partial charge on any atom is -0.452 e. The topological polar surface area (TPSA) is 92.8 Å². The maximum atomic E-state index is 12.8. The second-order valence-electron chi connectivity index (χ2n) is 7.99. The summed E-state index contributed by atoms with van der Waals surface area (Å²) in [5, 5.41) is 2.78. The molecule has 0 aromatic heterocycles. The Hall–Kier alpha value is -3.74. The van der Waals surface area contributed by atoms with Crippen LogP contribution in [0, 0.1) is 11.8 Å². The number of carbonyl (C=O) groups is 4. The van der Waals surface area contributed by atoms with E-state index in [2.05, 4.69) is 5.32 Å². The van der Waals surface area contributed by atoms with Crippen molar-refractivity contribution in [2.24, 2.45) is 11.8 Å². The number of anilines is 1. The second kappa shape index (κ2) is 9.18. The number of hydrogen-bond donors (Lipinski definition) is 1. The Morgan fingerprint density at radius 1 is 1.00 bits per heavy atom. The first kappa shape index (κ1) is 21.5. The van der Waals surface area contributed by atoms with Crippen molar-refractivity contribution in [1.82, 2.24) is 5.32 Å². The highest BCUT2D eigenvalue weighted by Crippen LogP contribution is 2.37. The molecule has 7 nitrogen and oxygen atoms in total. The molecule has 1 heterocycles. The summed E-state index contributed by atoms with van der Waals surface area (Å²) in [6.45, 7) is 1.41. The minimum atomic E-state index is -0.701. The van der Waals surface area contributed by atoms with Gasteiger partial charge in [-0.15, -0.1) is 0 Å². The molecular formula is C25H24N2O5. The zero-order valence-electron chi connectivity index (χ0n) is 17.7. The van der Waals surface area contributed by atoms with Crippen molar-refractivity contribution in [3.8, 4) is 0 Å². The lowest BCUT2D eigenvalue weighted by molar-refractivity contribution is -0.125. The summed E-state index contributed by atoms with van der Waals surface area (Å²) in [6.07, 6.45) is 4.94. The monoisotopic (exact) mass is 432 g/mol. The van der Waals surface area contributed by atoms with Crippen LogP contribution in [0.3, 0.4) is 0 Å². The van der Waals surface area contributed by atoms with Crippen molar-refractivity contribution >= 4 is 29.4 Å². The first-order valence-electron chi connectivity index (χ1n) is 10.6. The van der Waals surface area contributed by atoms with Crippen LogP contribution in [0.1, 0.15) is 41.7 Å². The van der Waals surface area contributed by atoms with E-state index in [1.54, 1.807) is 12.1 Å². The van der Waals surface area contributed by atoms with Gasteiger partial charge in [0.05, 0.1) is 29.1 Å². The largest absolute Gasteiger partial charge is 0.452 e. The molecule has 3 amide bonds. The van der Waals surface area contributed by atoms with Crippen LogP contribution in [-0.2, 0) is 19.1 Å². The molecule has 0 bridgehead atoms. The van der Waals surface area contributed by atoms with Crippen LogP contribution in [-0.4, -0.2) is 30.3 Å². The van der Waals surface area contributed by atoms with Gasteiger partial charge in [0.15, 0.2) is 6.61 Å². The van der Waals surface area contributed by atoms with Crippen molar-refractivity contribution in [2.45, 2.75) is 25.8 Å². The normalized spacial score (nSPS) is 20.6. The average Bonchev–Trinajstić information content (AvgIpc) is 3.08. The van der Waals surface area contributed by atoms with Gasteiger partial charge >= 0.3 is 5.97 Å². The predicted octanol–water partition coefficient (Wildman–Crippen LogP) is 3.18. The molecule has 2 aromatic carbocycles. The number of fused-ring (bicyclic) bond motifs is 1. The highest BCUT2D eigenvalue weighted by atomic mass is 16.5. The Kier molecular flexibility index (Phi) is 6.16. The van der Waals surface area contributed by atoms with Gasteiger partial charge in [0, 0.05) is 0 Å². The lowest BCUT2D eigenvalue weighted by atomic mass is 9.85. The summed E-state index contributed by atoms with van der Waals surface area (Å²) in [7, 11) is 0. The van der Waals surface area contributed by atoms with E-state index in [1.165, 1.54) is 12.1 Å². The molecule has 1 N–H and O–H groups in total. The van der Waals surface area contributed by atoms with Gasteiger partial charge in [0.2, 0.25) is 11.8 Å². The molecule has 0 spiro atoms. The smallest absolute Gasteiger partial charge is 0.338 e. The van der Waals surface area contributed by atoms with Gasteiger partial charge < -0.3 is 10.1 Å². The first-order valence-corrected chi connectivity index (χ1v) is 10.6. The fourth-order valence-electron chi connectivity index (χ4n) is 4.15. The molecule has 1 saturated heterocycles. The van der Waals surface area contributed by atoms with Gasteiger partial charge in [0.25, 0.3) is 5.91 Å². The van der Waals surface area contributed by atoms with E-state index in [9.17, 15) is 19.2 Å². The van der Waals surface area contributed by atoms with Gasteiger partial charge in [-0.25, -0.2) is 4.79 Å². The molecule has 32 heavy (non-hydrogen) atoms. The molecule has 2 aliphatic rings. The van der Waals surface area contributed by atoms with Crippen molar-refractivity contribution in [3.63, 3.8) is 0 Å². The van der Waals surface area contributed by atoms with E-state index in [1.807, 2.05) is 49.4 Å². The third-order valence-corrected chi connectivity index (χ3v) is 5.86. The number of rotatable bonds is 6. The molecule has 7 heteroatoms. The third-order valence-electron chi connectivity index (χ3n) is 5.86. The number of hydrogen-bond acceptors (Lipinski definition) is 5. The van der Waals surface area contributed by atoms with Crippen molar-refractivity contribution in [2.75, 3.05) is 11.5 Å². The standard InChI is InChI=1S/C25H24N2O5/c1-16(17-8-3-2-4-9-17)26-22(28)15-32-25(31)18-10-7-11-19(14-18)27-23(29)20-12-5-6-13-21(20)24(27)30/h2-11,14,16,20-21H,12-13,15H2,1H3,(H,26,28)/t16-,20-,21+/m0/s1. The van der Waals surface area contributed by atoms with Gasteiger partial charge in [0.1, 0.15) is 0 Å². The summed E-state index contributed by atoms with van der Waals surface area (Å²) in [5.74, 6) is -2.31. The Balaban J connectivity index is 1.38. The van der Waals surface area contributed by atoms with E-state index in [-0.39, 0.29) is 35.3 Å². The van der Waals surface area contributed by atoms with Crippen molar-refractivity contribution in [3.05, 3.63) is 77.9 Å². The van der Waals surface area contributed by atoms with Crippen LogP contribution in [0.5, 0.6) is 0 Å². The average molecular weight is 432 g/mol. The summed E-state index contributed by atoms with van der Waals surface area (Å²) in [5.41, 5.74) is 1.45. The molecule has 2 aromatic rings. The van der Waals surface area contributed by atoms with Gasteiger partial charge in [-0.3, -0.25) is 19.3 Å². The maximum absolute atomic E-state index is 12.8. The number of benzene rings is 2. The summed E-state index contributed by atoms with van der Waals surface area (Å²) >= 11 is 0. The number of esters is 1.